The molecular formula is C32H32FN7O2. The predicted octanol–water partition coefficient (Wildman–Crippen LogP) is 4.69. The minimum absolute atomic E-state index is 0.0923. The summed E-state index contributed by atoms with van der Waals surface area (Å²) in [5, 5.41) is 6.38. The maximum Gasteiger partial charge on any atom is 0.255 e. The molecule has 6 rings (SSSR count). The molecule has 214 valence electrons. The number of hydrogen-bond acceptors (Lipinski definition) is 8. The minimum Gasteiger partial charge on any atom is -0.383 e. The van der Waals surface area contributed by atoms with E-state index in [0.717, 1.165) is 45.8 Å². The lowest BCUT2D eigenvalue weighted by Gasteiger charge is -2.18. The summed E-state index contributed by atoms with van der Waals surface area (Å²) in [5.41, 5.74) is 12.4. The van der Waals surface area contributed by atoms with Gasteiger partial charge in [0.2, 0.25) is 0 Å². The number of ether oxygens (including phenoxy) is 1. The molecular weight excluding hydrogens is 533 g/mol. The number of carbonyl (C=O) groups is 1. The van der Waals surface area contributed by atoms with Gasteiger partial charge in [-0.25, -0.2) is 19.3 Å². The first kappa shape index (κ1) is 27.3. The third-order valence-corrected chi connectivity index (χ3v) is 7.83. The molecule has 1 amide bonds. The van der Waals surface area contributed by atoms with Crippen molar-refractivity contribution in [3.63, 3.8) is 0 Å². The van der Waals surface area contributed by atoms with Gasteiger partial charge < -0.3 is 26.0 Å². The van der Waals surface area contributed by atoms with Crippen molar-refractivity contribution in [1.29, 1.82) is 0 Å². The van der Waals surface area contributed by atoms with E-state index in [1.807, 2.05) is 26.1 Å². The van der Waals surface area contributed by atoms with Crippen LogP contribution < -0.4 is 21.3 Å². The van der Waals surface area contributed by atoms with Crippen LogP contribution in [0.5, 0.6) is 0 Å². The largest absolute Gasteiger partial charge is 0.383 e. The molecule has 2 aromatic heterocycles. The van der Waals surface area contributed by atoms with Crippen molar-refractivity contribution in [3.8, 4) is 0 Å². The highest BCUT2D eigenvalue weighted by molar-refractivity contribution is 5.99. The fourth-order valence-corrected chi connectivity index (χ4v) is 5.47. The van der Waals surface area contributed by atoms with Crippen molar-refractivity contribution in [1.82, 2.24) is 20.3 Å². The lowest BCUT2D eigenvalue weighted by molar-refractivity contribution is 0.0940. The number of nitrogens with zero attached hydrogens (tertiary/aromatic N) is 4. The van der Waals surface area contributed by atoms with E-state index in [9.17, 15) is 9.18 Å². The van der Waals surface area contributed by atoms with Gasteiger partial charge in [0.05, 0.1) is 24.8 Å². The number of amides is 1. The number of halogens is 1. The zero-order valence-corrected chi connectivity index (χ0v) is 23.5. The monoisotopic (exact) mass is 565 g/mol. The Hall–Kier alpha value is -4.83. The van der Waals surface area contributed by atoms with Crippen LogP contribution in [0.1, 0.15) is 57.1 Å². The summed E-state index contributed by atoms with van der Waals surface area (Å²) in [6, 6.07) is 15.9. The van der Waals surface area contributed by atoms with Gasteiger partial charge in [0.1, 0.15) is 29.6 Å². The Kier molecular flexibility index (Phi) is 7.54. The van der Waals surface area contributed by atoms with Crippen LogP contribution in [0.15, 0.2) is 73.2 Å². The second kappa shape index (κ2) is 11.6. The number of fused-ring (bicyclic) bond motifs is 1. The van der Waals surface area contributed by atoms with E-state index in [1.54, 1.807) is 18.3 Å². The standard InChI is InChI=1S/C32H32FN7O2/c1-19(21-7-9-25(33)10-8-21)39-32(41)26-13-24(23-11-12-42-17-23)15-36-30(26)35-14-20-3-5-22(6-4-20)27-16-40(2)31-28(27)29(34)37-18-38-31/h3-11,13,15,18-19,27H,12,14,16-17H2,1-2H3,(H,35,36)(H,39,41)(H2,34,37,38)/t19-,27?/m0/s1. The number of benzene rings is 2. The van der Waals surface area contributed by atoms with Gasteiger partial charge in [-0.3, -0.25) is 4.79 Å². The van der Waals surface area contributed by atoms with E-state index in [4.69, 9.17) is 10.5 Å². The van der Waals surface area contributed by atoms with Crippen molar-refractivity contribution in [2.75, 3.05) is 42.8 Å². The van der Waals surface area contributed by atoms with Gasteiger partial charge in [-0.1, -0.05) is 42.5 Å². The fourth-order valence-electron chi connectivity index (χ4n) is 5.47. The molecule has 0 radical (unpaired) electrons. The highest BCUT2D eigenvalue weighted by Crippen LogP contribution is 2.40. The Balaban J connectivity index is 1.20. The Bertz CT molecular complexity index is 1640. The molecule has 0 spiro atoms. The normalized spacial score (nSPS) is 16.6. The average Bonchev–Trinajstić information content (AvgIpc) is 3.66. The summed E-state index contributed by atoms with van der Waals surface area (Å²) in [6.45, 7) is 4.13. The van der Waals surface area contributed by atoms with Gasteiger partial charge in [0, 0.05) is 37.8 Å². The maximum atomic E-state index is 13.5. The molecule has 42 heavy (non-hydrogen) atoms. The number of nitrogen functional groups attached to an aromatic ring is 1. The van der Waals surface area contributed by atoms with E-state index in [2.05, 4.69) is 54.8 Å². The van der Waals surface area contributed by atoms with Crippen LogP contribution in [0.4, 0.5) is 21.8 Å². The molecule has 4 heterocycles. The van der Waals surface area contributed by atoms with Gasteiger partial charge in [-0.15, -0.1) is 0 Å². The molecule has 0 aliphatic carbocycles. The molecule has 2 atom stereocenters. The SMILES string of the molecule is C[C@H](NC(=O)c1cc(C2=CCOC2)cnc1NCc1ccc(C2CN(C)c3ncnc(N)c32)cc1)c1ccc(F)cc1. The Morgan fingerprint density at radius 3 is 2.67 bits per heavy atom. The van der Waals surface area contributed by atoms with Gasteiger partial charge in [-0.2, -0.15) is 0 Å². The molecule has 1 unspecified atom stereocenters. The van der Waals surface area contributed by atoms with Gasteiger partial charge >= 0.3 is 0 Å². The fraction of sp³-hybridized carbons (Fsp3) is 0.250. The zero-order chi connectivity index (χ0) is 29.2. The van der Waals surface area contributed by atoms with Crippen molar-refractivity contribution in [3.05, 3.63) is 112 Å². The summed E-state index contributed by atoms with van der Waals surface area (Å²) in [6.07, 6.45) is 5.25. The lowest BCUT2D eigenvalue weighted by Crippen LogP contribution is -2.28. The zero-order valence-electron chi connectivity index (χ0n) is 23.5. The van der Waals surface area contributed by atoms with Gasteiger partial charge in [0.25, 0.3) is 5.91 Å². The number of likely N-dealkylation sites (N-methyl/N-ethyl adjacent to an activating group) is 1. The number of carbonyl (C=O) groups excluding carboxylic acids is 1. The summed E-state index contributed by atoms with van der Waals surface area (Å²) in [7, 11) is 2.01. The minimum atomic E-state index is -0.324. The molecule has 0 bridgehead atoms. The first-order valence-electron chi connectivity index (χ1n) is 13.8. The molecule has 10 heteroatoms. The molecule has 4 N–H and O–H groups in total. The van der Waals surface area contributed by atoms with Crippen molar-refractivity contribution < 1.29 is 13.9 Å². The molecule has 0 saturated heterocycles. The Morgan fingerprint density at radius 1 is 1.14 bits per heavy atom. The Labute approximate surface area is 243 Å². The highest BCUT2D eigenvalue weighted by Gasteiger charge is 2.31. The summed E-state index contributed by atoms with van der Waals surface area (Å²) < 4.78 is 18.9. The maximum absolute atomic E-state index is 13.5. The first-order valence-corrected chi connectivity index (χ1v) is 13.8. The third-order valence-electron chi connectivity index (χ3n) is 7.83. The number of nitrogens with two attached hydrogens (primary N) is 1. The van der Waals surface area contributed by atoms with Crippen LogP contribution in [0.3, 0.4) is 0 Å². The summed E-state index contributed by atoms with van der Waals surface area (Å²) in [4.78, 5) is 28.8. The van der Waals surface area contributed by atoms with E-state index in [0.29, 0.717) is 37.0 Å². The molecule has 0 saturated carbocycles. The third kappa shape index (κ3) is 5.53. The molecule has 2 aliphatic heterocycles. The molecule has 2 aromatic carbocycles. The van der Waals surface area contributed by atoms with Crippen molar-refractivity contribution in [2.45, 2.75) is 25.4 Å². The molecule has 4 aromatic rings. The Morgan fingerprint density at radius 2 is 1.93 bits per heavy atom. The van der Waals surface area contributed by atoms with Crippen LogP contribution in [-0.2, 0) is 11.3 Å². The number of anilines is 3. The number of nitrogens with one attached hydrogen (secondary N) is 2. The van der Waals surface area contributed by atoms with Crippen molar-refractivity contribution in [2.24, 2.45) is 0 Å². The predicted molar refractivity (Wildman–Crippen MR) is 161 cm³/mol. The number of hydrogen-bond donors (Lipinski definition) is 3. The van der Waals surface area contributed by atoms with Crippen LogP contribution >= 0.6 is 0 Å². The van der Waals surface area contributed by atoms with Gasteiger partial charge in [-0.05, 0) is 52.9 Å². The summed E-state index contributed by atoms with van der Waals surface area (Å²) >= 11 is 0. The number of pyridine rings is 1. The van der Waals surface area contributed by atoms with Gasteiger partial charge in [0.15, 0.2) is 0 Å². The highest BCUT2D eigenvalue weighted by atomic mass is 19.1. The topological polar surface area (TPSA) is 118 Å². The first-order chi connectivity index (χ1) is 20.4. The summed E-state index contributed by atoms with van der Waals surface area (Å²) in [5.74, 6) is 1.35. The smallest absolute Gasteiger partial charge is 0.255 e. The van der Waals surface area contributed by atoms with Crippen LogP contribution in [0, 0.1) is 5.82 Å². The van der Waals surface area contributed by atoms with Crippen molar-refractivity contribution >= 4 is 28.9 Å². The van der Waals surface area contributed by atoms with E-state index >= 15 is 0 Å². The average molecular weight is 566 g/mol. The number of rotatable bonds is 8. The molecule has 2 aliphatic rings. The molecule has 0 fully saturated rings. The van der Waals surface area contributed by atoms with E-state index in [1.165, 1.54) is 18.5 Å². The van der Waals surface area contributed by atoms with Crippen LogP contribution in [0.2, 0.25) is 0 Å². The second-order valence-electron chi connectivity index (χ2n) is 10.6. The van der Waals surface area contributed by atoms with Crippen LogP contribution in [-0.4, -0.2) is 47.7 Å². The lowest BCUT2D eigenvalue weighted by atomic mass is 9.93. The number of aromatic nitrogens is 3. The second-order valence-corrected chi connectivity index (χ2v) is 10.6. The quantitative estimate of drug-likeness (QED) is 0.282. The van der Waals surface area contributed by atoms with E-state index < -0.39 is 0 Å². The molecule has 9 nitrogen and oxygen atoms in total. The van der Waals surface area contributed by atoms with Crippen LogP contribution in [0.25, 0.3) is 5.57 Å². The van der Waals surface area contributed by atoms with E-state index in [-0.39, 0.29) is 23.7 Å².